The van der Waals surface area contributed by atoms with Crippen LogP contribution in [0.25, 0.3) is 11.1 Å². The zero-order chi connectivity index (χ0) is 17.6. The largest absolute Gasteiger partial charge is 0.354 e. The summed E-state index contributed by atoms with van der Waals surface area (Å²) >= 11 is 0. The number of para-hydroxylation sites is 3. The van der Waals surface area contributed by atoms with Crippen molar-refractivity contribution in [2.75, 3.05) is 10.6 Å². The van der Waals surface area contributed by atoms with Crippen molar-refractivity contribution in [2.24, 2.45) is 0 Å². The molecule has 126 valence electrons. The van der Waals surface area contributed by atoms with Crippen LogP contribution >= 0.6 is 0 Å². The lowest BCUT2D eigenvalue weighted by molar-refractivity contribution is 1.49. The molecular weight excluding hydrogens is 316 g/mol. The third kappa shape index (κ3) is 3.60. The summed E-state index contributed by atoms with van der Waals surface area (Å²) in [6.45, 7) is 0. The molecule has 4 rings (SSSR count). The zero-order valence-corrected chi connectivity index (χ0v) is 14.4. The summed E-state index contributed by atoms with van der Waals surface area (Å²) in [4.78, 5) is 0. The predicted molar refractivity (Wildman–Crippen MR) is 111 cm³/mol. The molecule has 0 saturated carbocycles. The maximum Gasteiger partial charge on any atom is 0.0703 e. The molecular formula is C24H20N2. The van der Waals surface area contributed by atoms with Crippen LogP contribution in [0.5, 0.6) is 0 Å². The van der Waals surface area contributed by atoms with Gasteiger partial charge in [0.05, 0.1) is 11.4 Å². The van der Waals surface area contributed by atoms with Crippen molar-refractivity contribution in [1.29, 1.82) is 0 Å². The molecule has 0 heterocycles. The Hall–Kier alpha value is -3.52. The lowest BCUT2D eigenvalue weighted by Gasteiger charge is -2.18. The summed E-state index contributed by atoms with van der Waals surface area (Å²) in [6.07, 6.45) is 0. The third-order valence-electron chi connectivity index (χ3n) is 4.25. The minimum Gasteiger partial charge on any atom is -0.354 e. The van der Waals surface area contributed by atoms with Gasteiger partial charge in [-0.3, -0.25) is 0 Å². The molecule has 4 aromatic rings. The summed E-state index contributed by atoms with van der Waals surface area (Å²) in [5.74, 6) is 0. The highest BCUT2D eigenvalue weighted by Gasteiger charge is 2.11. The quantitative estimate of drug-likeness (QED) is 0.417. The first kappa shape index (κ1) is 16.0. The Morgan fingerprint density at radius 2 is 0.962 bits per heavy atom. The van der Waals surface area contributed by atoms with Crippen LogP contribution in [0, 0.1) is 0 Å². The molecule has 0 atom stereocenters. The molecule has 0 radical (unpaired) electrons. The van der Waals surface area contributed by atoms with E-state index in [0.717, 1.165) is 28.3 Å². The van der Waals surface area contributed by atoms with Crippen molar-refractivity contribution in [2.45, 2.75) is 0 Å². The van der Waals surface area contributed by atoms with E-state index in [2.05, 4.69) is 77.4 Å². The van der Waals surface area contributed by atoms with Gasteiger partial charge in [-0.1, -0.05) is 78.9 Å². The van der Waals surface area contributed by atoms with Crippen molar-refractivity contribution in [3.05, 3.63) is 109 Å². The van der Waals surface area contributed by atoms with Gasteiger partial charge in [0, 0.05) is 16.9 Å². The number of rotatable bonds is 5. The van der Waals surface area contributed by atoms with E-state index in [0.29, 0.717) is 0 Å². The van der Waals surface area contributed by atoms with E-state index in [1.165, 1.54) is 5.56 Å². The summed E-state index contributed by atoms with van der Waals surface area (Å²) in [5.41, 5.74) is 6.58. The smallest absolute Gasteiger partial charge is 0.0703 e. The molecule has 0 aromatic heterocycles. The molecule has 2 nitrogen and oxygen atoms in total. The minimum absolute atomic E-state index is 1.04. The van der Waals surface area contributed by atoms with E-state index >= 15 is 0 Å². The topological polar surface area (TPSA) is 24.1 Å². The molecule has 0 spiro atoms. The number of anilines is 4. The number of hydrogen-bond acceptors (Lipinski definition) is 2. The molecule has 26 heavy (non-hydrogen) atoms. The second-order valence-corrected chi connectivity index (χ2v) is 6.08. The second-order valence-electron chi connectivity index (χ2n) is 6.08. The number of benzene rings is 4. The Bertz CT molecular complexity index is 965. The fraction of sp³-hybridized carbons (Fsp3) is 0. The molecule has 2 N–H and O–H groups in total. The van der Waals surface area contributed by atoms with E-state index in [9.17, 15) is 0 Å². The van der Waals surface area contributed by atoms with Gasteiger partial charge in [-0.05, 0) is 35.9 Å². The average Bonchev–Trinajstić information content (AvgIpc) is 2.71. The first-order chi connectivity index (χ1) is 12.9. The van der Waals surface area contributed by atoms with Crippen molar-refractivity contribution < 1.29 is 0 Å². The maximum absolute atomic E-state index is 3.60. The van der Waals surface area contributed by atoms with Crippen LogP contribution in [0.15, 0.2) is 109 Å². The van der Waals surface area contributed by atoms with Crippen LogP contribution in [-0.2, 0) is 0 Å². The molecule has 0 aliphatic carbocycles. The van der Waals surface area contributed by atoms with Crippen LogP contribution < -0.4 is 10.6 Å². The summed E-state index contributed by atoms with van der Waals surface area (Å²) in [5, 5.41) is 7.14. The van der Waals surface area contributed by atoms with E-state index in [1.807, 2.05) is 42.5 Å². The molecule has 0 saturated heterocycles. The number of hydrogen-bond donors (Lipinski definition) is 2. The van der Waals surface area contributed by atoms with Crippen LogP contribution in [0.3, 0.4) is 0 Å². The van der Waals surface area contributed by atoms with Crippen LogP contribution in [0.4, 0.5) is 22.7 Å². The Balaban J connectivity index is 1.80. The highest BCUT2D eigenvalue weighted by molar-refractivity contribution is 5.91. The Labute approximate surface area is 154 Å². The van der Waals surface area contributed by atoms with Crippen molar-refractivity contribution in [3.63, 3.8) is 0 Å². The Morgan fingerprint density at radius 3 is 1.58 bits per heavy atom. The van der Waals surface area contributed by atoms with Crippen molar-refractivity contribution in [1.82, 2.24) is 0 Å². The monoisotopic (exact) mass is 336 g/mol. The summed E-state index contributed by atoms with van der Waals surface area (Å²) in [6, 6.07) is 37.3. The second kappa shape index (κ2) is 7.58. The SMILES string of the molecule is c1ccc(Nc2cccc(-c3ccccc3)c2Nc2ccccc2)cc1. The van der Waals surface area contributed by atoms with Crippen LogP contribution in [0.1, 0.15) is 0 Å². The first-order valence-electron chi connectivity index (χ1n) is 8.73. The van der Waals surface area contributed by atoms with Gasteiger partial charge in [0.25, 0.3) is 0 Å². The zero-order valence-electron chi connectivity index (χ0n) is 14.4. The Kier molecular flexibility index (Phi) is 4.66. The summed E-state index contributed by atoms with van der Waals surface area (Å²) < 4.78 is 0. The van der Waals surface area contributed by atoms with Gasteiger partial charge in [-0.2, -0.15) is 0 Å². The highest BCUT2D eigenvalue weighted by Crippen LogP contribution is 2.37. The van der Waals surface area contributed by atoms with Gasteiger partial charge in [0.1, 0.15) is 0 Å². The molecule has 0 fully saturated rings. The lowest BCUT2D eigenvalue weighted by Crippen LogP contribution is -1.99. The molecule has 0 aliphatic rings. The van der Waals surface area contributed by atoms with E-state index in [1.54, 1.807) is 0 Å². The van der Waals surface area contributed by atoms with Gasteiger partial charge in [0.2, 0.25) is 0 Å². The van der Waals surface area contributed by atoms with Crippen molar-refractivity contribution >= 4 is 22.7 Å². The predicted octanol–water partition coefficient (Wildman–Crippen LogP) is 6.84. The van der Waals surface area contributed by atoms with Gasteiger partial charge >= 0.3 is 0 Å². The van der Waals surface area contributed by atoms with Gasteiger partial charge in [-0.15, -0.1) is 0 Å². The average molecular weight is 336 g/mol. The first-order valence-corrected chi connectivity index (χ1v) is 8.73. The molecule has 4 aromatic carbocycles. The van der Waals surface area contributed by atoms with Gasteiger partial charge < -0.3 is 10.6 Å². The highest BCUT2D eigenvalue weighted by atomic mass is 15.0. The summed E-state index contributed by atoms with van der Waals surface area (Å²) in [7, 11) is 0. The van der Waals surface area contributed by atoms with Crippen LogP contribution in [-0.4, -0.2) is 0 Å². The van der Waals surface area contributed by atoms with Crippen LogP contribution in [0.2, 0.25) is 0 Å². The fourth-order valence-electron chi connectivity index (χ4n) is 2.99. The molecule has 0 bridgehead atoms. The number of nitrogens with one attached hydrogen (secondary N) is 2. The fourth-order valence-corrected chi connectivity index (χ4v) is 2.99. The van der Waals surface area contributed by atoms with E-state index in [4.69, 9.17) is 0 Å². The molecule has 0 aliphatic heterocycles. The normalized spacial score (nSPS) is 10.3. The van der Waals surface area contributed by atoms with E-state index < -0.39 is 0 Å². The van der Waals surface area contributed by atoms with Gasteiger partial charge in [0.15, 0.2) is 0 Å². The molecule has 0 unspecified atom stereocenters. The molecule has 0 amide bonds. The minimum atomic E-state index is 1.04. The third-order valence-corrected chi connectivity index (χ3v) is 4.25. The maximum atomic E-state index is 3.60. The Morgan fingerprint density at radius 1 is 0.423 bits per heavy atom. The standard InChI is InChI=1S/C24H20N2/c1-4-11-19(12-5-1)22-17-10-18-23(25-20-13-6-2-7-14-20)24(22)26-21-15-8-3-9-16-21/h1-18,25-26H. The lowest BCUT2D eigenvalue weighted by atomic mass is 10.0. The molecule has 2 heteroatoms. The van der Waals surface area contributed by atoms with E-state index in [-0.39, 0.29) is 0 Å². The van der Waals surface area contributed by atoms with Crippen molar-refractivity contribution in [3.8, 4) is 11.1 Å². The van der Waals surface area contributed by atoms with Gasteiger partial charge in [-0.25, -0.2) is 0 Å².